The van der Waals surface area contributed by atoms with Gasteiger partial charge in [0.15, 0.2) is 5.95 Å². The van der Waals surface area contributed by atoms with Crippen molar-refractivity contribution in [3.8, 4) is 5.75 Å². The van der Waals surface area contributed by atoms with Crippen LogP contribution in [0.25, 0.3) is 0 Å². The largest absolute Gasteiger partial charge is 0.573 e. The number of nitrogen functional groups attached to an aromatic ring is 1. The molecular formula is C23H21F4N7O3. The molecule has 14 heteroatoms. The molecule has 2 aromatic heterocycles. The molecule has 0 atom stereocenters. The van der Waals surface area contributed by atoms with E-state index >= 15 is 0 Å². The van der Waals surface area contributed by atoms with Gasteiger partial charge in [-0.2, -0.15) is 4.98 Å². The first-order valence-corrected chi connectivity index (χ1v) is 10.9. The van der Waals surface area contributed by atoms with Crippen LogP contribution < -0.4 is 27.2 Å². The summed E-state index contributed by atoms with van der Waals surface area (Å²) < 4.78 is 56.6. The summed E-state index contributed by atoms with van der Waals surface area (Å²) in [6.07, 6.45) is -2.88. The molecule has 10 nitrogen and oxygen atoms in total. The number of hydrogen-bond acceptors (Lipinski definition) is 7. The van der Waals surface area contributed by atoms with Gasteiger partial charge in [-0.3, -0.25) is 4.57 Å². The molecule has 4 rings (SSSR count). The highest BCUT2D eigenvalue weighted by Gasteiger charge is 2.31. The lowest BCUT2D eigenvalue weighted by Crippen LogP contribution is -2.43. The second-order valence-corrected chi connectivity index (χ2v) is 7.96. The molecule has 0 aliphatic heterocycles. The summed E-state index contributed by atoms with van der Waals surface area (Å²) in [7, 11) is 0. The Balaban J connectivity index is 1.63. The van der Waals surface area contributed by atoms with Crippen molar-refractivity contribution in [2.45, 2.75) is 25.9 Å². The molecule has 0 unspecified atom stereocenters. The van der Waals surface area contributed by atoms with E-state index in [4.69, 9.17) is 5.73 Å². The molecule has 2 heterocycles. The number of H-pyrrole nitrogens is 1. The maximum atomic E-state index is 13.3. The lowest BCUT2D eigenvalue weighted by Gasteiger charge is -2.16. The smallest absolute Gasteiger partial charge is 0.406 e. The molecule has 0 aliphatic carbocycles. The zero-order valence-corrected chi connectivity index (χ0v) is 19.1. The van der Waals surface area contributed by atoms with Gasteiger partial charge in [-0.05, 0) is 35.4 Å². The Labute approximate surface area is 206 Å². The monoisotopic (exact) mass is 519 g/mol. The number of anilines is 2. The molecule has 0 spiro atoms. The van der Waals surface area contributed by atoms with E-state index in [1.54, 1.807) is 6.20 Å². The number of aromatic amines is 1. The van der Waals surface area contributed by atoms with Crippen LogP contribution in [0.3, 0.4) is 0 Å². The summed E-state index contributed by atoms with van der Waals surface area (Å²) in [5.74, 6) is -0.678. The van der Waals surface area contributed by atoms with E-state index in [9.17, 15) is 27.2 Å². The highest BCUT2D eigenvalue weighted by Crippen LogP contribution is 2.23. The minimum atomic E-state index is -4.84. The number of alkyl halides is 3. The van der Waals surface area contributed by atoms with Gasteiger partial charge in [0.05, 0.1) is 19.3 Å². The van der Waals surface area contributed by atoms with Crippen molar-refractivity contribution in [2.75, 3.05) is 17.6 Å². The van der Waals surface area contributed by atoms with Crippen LogP contribution in [0, 0.1) is 5.82 Å². The van der Waals surface area contributed by atoms with Gasteiger partial charge in [0, 0.05) is 18.7 Å². The van der Waals surface area contributed by atoms with E-state index in [2.05, 4.69) is 25.0 Å². The SMILES string of the molecule is Nc1ncc(CCNc2nc(=O)n(Cc3ccc(F)cc3)c(=O)n2Cc2ccc(OC(F)(F)F)cc2)[nH]1. The summed E-state index contributed by atoms with van der Waals surface area (Å²) in [4.78, 5) is 36.8. The standard InChI is InChI=1S/C23H21F4N7O3/c24-16-5-1-14(2-6-16)13-34-21(35)32-20(29-10-9-17-11-30-19(28)31-17)33(22(34)36)12-15-3-7-18(8-4-15)37-23(25,26)27/h1-8,11H,9-10,12-13H2,(H3,28,30,31)(H,29,32,35). The highest BCUT2D eigenvalue weighted by atomic mass is 19.4. The first-order valence-electron chi connectivity index (χ1n) is 10.9. The molecule has 0 saturated carbocycles. The van der Waals surface area contributed by atoms with Gasteiger partial charge in [-0.15, -0.1) is 13.2 Å². The number of rotatable bonds is 9. The van der Waals surface area contributed by atoms with Crippen LogP contribution in [0.5, 0.6) is 5.75 Å². The van der Waals surface area contributed by atoms with Crippen LogP contribution in [0.1, 0.15) is 16.8 Å². The molecule has 0 saturated heterocycles. The number of nitrogens with two attached hydrogens (primary N) is 1. The van der Waals surface area contributed by atoms with Crippen molar-refractivity contribution in [3.05, 3.63) is 98.3 Å². The van der Waals surface area contributed by atoms with E-state index in [0.29, 0.717) is 23.2 Å². The third-order valence-corrected chi connectivity index (χ3v) is 5.23. The fourth-order valence-electron chi connectivity index (χ4n) is 3.51. The molecule has 37 heavy (non-hydrogen) atoms. The Kier molecular flexibility index (Phi) is 7.27. The van der Waals surface area contributed by atoms with E-state index in [0.717, 1.165) is 16.7 Å². The van der Waals surface area contributed by atoms with Gasteiger partial charge in [-0.25, -0.2) is 23.5 Å². The molecule has 2 aromatic carbocycles. The third-order valence-electron chi connectivity index (χ3n) is 5.23. The van der Waals surface area contributed by atoms with Crippen molar-refractivity contribution >= 4 is 11.9 Å². The quantitative estimate of drug-likeness (QED) is 0.290. The fourth-order valence-corrected chi connectivity index (χ4v) is 3.51. The van der Waals surface area contributed by atoms with Gasteiger partial charge in [0.25, 0.3) is 0 Å². The normalized spacial score (nSPS) is 11.5. The predicted octanol–water partition coefficient (Wildman–Crippen LogP) is 2.50. The van der Waals surface area contributed by atoms with E-state index in [-0.39, 0.29) is 31.5 Å². The number of nitrogens with one attached hydrogen (secondary N) is 2. The van der Waals surface area contributed by atoms with Crippen LogP contribution >= 0.6 is 0 Å². The Morgan fingerprint density at radius 3 is 2.19 bits per heavy atom. The first kappa shape index (κ1) is 25.5. The summed E-state index contributed by atoms with van der Waals surface area (Å²) in [6, 6.07) is 10.2. The maximum absolute atomic E-state index is 13.3. The van der Waals surface area contributed by atoms with Crippen LogP contribution in [0.2, 0.25) is 0 Å². The van der Waals surface area contributed by atoms with E-state index in [1.807, 2.05) is 0 Å². The zero-order valence-electron chi connectivity index (χ0n) is 19.1. The molecule has 4 aromatic rings. The summed E-state index contributed by atoms with van der Waals surface area (Å²) >= 11 is 0. The summed E-state index contributed by atoms with van der Waals surface area (Å²) in [5, 5.41) is 2.94. The van der Waals surface area contributed by atoms with E-state index < -0.39 is 29.3 Å². The molecule has 194 valence electrons. The molecule has 0 radical (unpaired) electrons. The number of halogens is 4. The third kappa shape index (κ3) is 6.74. The highest BCUT2D eigenvalue weighted by molar-refractivity contribution is 5.31. The molecule has 0 bridgehead atoms. The van der Waals surface area contributed by atoms with Gasteiger partial charge in [0.1, 0.15) is 11.6 Å². The van der Waals surface area contributed by atoms with Crippen molar-refractivity contribution in [1.82, 2.24) is 24.1 Å². The van der Waals surface area contributed by atoms with Gasteiger partial charge in [0.2, 0.25) is 5.95 Å². The average molecular weight is 519 g/mol. The number of aromatic nitrogens is 5. The zero-order chi connectivity index (χ0) is 26.6. The van der Waals surface area contributed by atoms with Gasteiger partial charge < -0.3 is 20.8 Å². The number of ether oxygens (including phenoxy) is 1. The van der Waals surface area contributed by atoms with Crippen molar-refractivity contribution in [1.29, 1.82) is 0 Å². The molecule has 0 fully saturated rings. The summed E-state index contributed by atoms with van der Waals surface area (Å²) in [6.45, 7) is -0.00791. The molecule has 0 aliphatic rings. The van der Waals surface area contributed by atoms with Crippen LogP contribution in [-0.4, -0.2) is 37.0 Å². The second kappa shape index (κ2) is 10.6. The molecule has 0 amide bonds. The molecular weight excluding hydrogens is 498 g/mol. The number of nitrogens with zero attached hydrogens (tertiary/aromatic N) is 4. The minimum absolute atomic E-state index is 0.0338. The first-order chi connectivity index (χ1) is 17.6. The maximum Gasteiger partial charge on any atom is 0.573 e. The van der Waals surface area contributed by atoms with Gasteiger partial charge >= 0.3 is 17.7 Å². The molecule has 4 N–H and O–H groups in total. The Hall–Kier alpha value is -4.62. The van der Waals surface area contributed by atoms with Crippen molar-refractivity contribution in [2.24, 2.45) is 0 Å². The van der Waals surface area contributed by atoms with Crippen LogP contribution in [0.4, 0.5) is 29.5 Å². The fraction of sp³-hybridized carbons (Fsp3) is 0.217. The van der Waals surface area contributed by atoms with Gasteiger partial charge in [-0.1, -0.05) is 24.3 Å². The number of benzene rings is 2. The predicted molar refractivity (Wildman–Crippen MR) is 126 cm³/mol. The van der Waals surface area contributed by atoms with E-state index in [1.165, 1.54) is 41.0 Å². The summed E-state index contributed by atoms with van der Waals surface area (Å²) in [5.41, 5.74) is 5.69. The lowest BCUT2D eigenvalue weighted by molar-refractivity contribution is -0.274. The Bertz CT molecular complexity index is 1480. The minimum Gasteiger partial charge on any atom is -0.406 e. The lowest BCUT2D eigenvalue weighted by atomic mass is 10.2. The van der Waals surface area contributed by atoms with Crippen molar-refractivity contribution < 1.29 is 22.3 Å². The van der Waals surface area contributed by atoms with Crippen molar-refractivity contribution in [3.63, 3.8) is 0 Å². The number of hydrogen-bond donors (Lipinski definition) is 3. The van der Waals surface area contributed by atoms with Crippen LogP contribution in [-0.2, 0) is 19.5 Å². The second-order valence-electron chi connectivity index (χ2n) is 7.96. The Morgan fingerprint density at radius 2 is 1.59 bits per heavy atom. The topological polar surface area (TPSA) is 133 Å². The van der Waals surface area contributed by atoms with Crippen LogP contribution in [0.15, 0.2) is 64.3 Å². The average Bonchev–Trinajstić information content (AvgIpc) is 3.25. The number of imidazole rings is 1. The Morgan fingerprint density at radius 1 is 0.973 bits per heavy atom.